The van der Waals surface area contributed by atoms with E-state index in [1.165, 1.54) is 0 Å². The number of thiazole rings is 1. The molecular formula is C12H10ClN3S. The van der Waals surface area contributed by atoms with Crippen LogP contribution in [-0.4, -0.2) is 15.2 Å². The molecule has 3 rings (SSSR count). The fourth-order valence-corrected chi connectivity index (χ4v) is 2.68. The van der Waals surface area contributed by atoms with Crippen molar-refractivity contribution in [2.45, 2.75) is 12.8 Å². The lowest BCUT2D eigenvalue weighted by Crippen LogP contribution is -1.92. The summed E-state index contributed by atoms with van der Waals surface area (Å²) in [6.45, 7) is 0. The van der Waals surface area contributed by atoms with Gasteiger partial charge in [-0.25, -0.2) is 4.98 Å². The number of aryl methyl sites for hydroxylation is 2. The molecule has 0 aliphatic rings. The van der Waals surface area contributed by atoms with Crippen molar-refractivity contribution < 1.29 is 0 Å². The molecule has 0 aliphatic carbocycles. The zero-order chi connectivity index (χ0) is 11.7. The third-order valence-corrected chi connectivity index (χ3v) is 3.73. The van der Waals surface area contributed by atoms with Gasteiger partial charge in [0.1, 0.15) is 0 Å². The zero-order valence-corrected chi connectivity index (χ0v) is 10.6. The highest BCUT2D eigenvalue weighted by Gasteiger charge is 2.05. The van der Waals surface area contributed by atoms with E-state index in [1.807, 2.05) is 11.6 Å². The lowest BCUT2D eigenvalue weighted by Gasteiger charge is -2.03. The second kappa shape index (κ2) is 4.47. The molecule has 0 fully saturated rings. The van der Waals surface area contributed by atoms with E-state index in [2.05, 4.69) is 26.6 Å². The summed E-state index contributed by atoms with van der Waals surface area (Å²) < 4.78 is 0. The van der Waals surface area contributed by atoms with Gasteiger partial charge in [-0.1, -0.05) is 11.6 Å². The molecule has 0 spiro atoms. The molecule has 3 nitrogen and oxygen atoms in total. The van der Waals surface area contributed by atoms with Crippen molar-refractivity contribution in [3.63, 3.8) is 0 Å². The van der Waals surface area contributed by atoms with Crippen molar-refractivity contribution in [1.82, 2.24) is 15.2 Å². The van der Waals surface area contributed by atoms with Crippen molar-refractivity contribution in [3.05, 3.63) is 45.5 Å². The van der Waals surface area contributed by atoms with Crippen LogP contribution in [0.5, 0.6) is 0 Å². The maximum Gasteiger partial charge on any atom is 0.0794 e. The van der Waals surface area contributed by atoms with Gasteiger partial charge in [-0.2, -0.15) is 5.10 Å². The molecule has 2 heterocycles. The van der Waals surface area contributed by atoms with Crippen LogP contribution in [0.1, 0.15) is 11.3 Å². The lowest BCUT2D eigenvalue weighted by molar-refractivity contribution is 0.927. The molecule has 0 amide bonds. The normalized spacial score (nSPS) is 11.1. The number of aromatic nitrogens is 3. The maximum absolute atomic E-state index is 6.24. The van der Waals surface area contributed by atoms with Gasteiger partial charge in [-0.3, -0.25) is 5.10 Å². The first-order valence-corrected chi connectivity index (χ1v) is 6.63. The summed E-state index contributed by atoms with van der Waals surface area (Å²) in [5, 5.41) is 10.9. The number of hydrogen-bond acceptors (Lipinski definition) is 3. The second-order valence-corrected chi connectivity index (χ2v) is 5.01. The molecule has 3 aromatic rings. The highest BCUT2D eigenvalue weighted by molar-refractivity contribution is 7.07. The van der Waals surface area contributed by atoms with E-state index in [1.54, 1.807) is 17.5 Å². The first-order valence-electron chi connectivity index (χ1n) is 5.31. The Morgan fingerprint density at radius 2 is 2.24 bits per heavy atom. The molecule has 2 aromatic heterocycles. The van der Waals surface area contributed by atoms with Crippen molar-refractivity contribution in [2.75, 3.05) is 0 Å². The van der Waals surface area contributed by atoms with Gasteiger partial charge < -0.3 is 0 Å². The van der Waals surface area contributed by atoms with E-state index in [0.29, 0.717) is 0 Å². The summed E-state index contributed by atoms with van der Waals surface area (Å²) in [5.41, 5.74) is 5.14. The minimum absolute atomic E-state index is 0.800. The van der Waals surface area contributed by atoms with Crippen molar-refractivity contribution in [2.24, 2.45) is 0 Å². The van der Waals surface area contributed by atoms with Crippen LogP contribution in [0, 0.1) is 0 Å². The number of fused-ring (bicyclic) bond motifs is 1. The van der Waals surface area contributed by atoms with Crippen LogP contribution in [0.2, 0.25) is 5.02 Å². The number of nitrogens with one attached hydrogen (secondary N) is 1. The van der Waals surface area contributed by atoms with Gasteiger partial charge in [-0.05, 0) is 30.5 Å². The van der Waals surface area contributed by atoms with E-state index in [9.17, 15) is 0 Å². The van der Waals surface area contributed by atoms with E-state index in [4.69, 9.17) is 11.6 Å². The van der Waals surface area contributed by atoms with Crippen LogP contribution in [0.15, 0.2) is 29.2 Å². The van der Waals surface area contributed by atoms with Crippen LogP contribution in [0.4, 0.5) is 0 Å². The Kier molecular flexibility index (Phi) is 2.82. The van der Waals surface area contributed by atoms with Crippen LogP contribution in [0.25, 0.3) is 10.9 Å². The Hall–Kier alpha value is -1.39. The molecule has 0 bridgehead atoms. The maximum atomic E-state index is 6.24. The first-order chi connectivity index (χ1) is 8.33. The average Bonchev–Trinajstić information content (AvgIpc) is 2.95. The molecule has 0 unspecified atom stereocenters. The Bertz CT molecular complexity index is 630. The molecule has 0 radical (unpaired) electrons. The average molecular weight is 264 g/mol. The molecule has 0 saturated heterocycles. The molecule has 17 heavy (non-hydrogen) atoms. The third-order valence-electron chi connectivity index (χ3n) is 2.74. The summed E-state index contributed by atoms with van der Waals surface area (Å²) in [4.78, 5) is 4.27. The molecule has 0 saturated carbocycles. The van der Waals surface area contributed by atoms with Crippen LogP contribution in [0.3, 0.4) is 0 Å². The van der Waals surface area contributed by atoms with E-state index in [0.717, 1.165) is 40.0 Å². The highest BCUT2D eigenvalue weighted by atomic mass is 35.5. The smallest absolute Gasteiger partial charge is 0.0794 e. The van der Waals surface area contributed by atoms with Crippen molar-refractivity contribution >= 4 is 33.8 Å². The van der Waals surface area contributed by atoms with Crippen LogP contribution in [-0.2, 0) is 12.8 Å². The Labute approximate surface area is 107 Å². The van der Waals surface area contributed by atoms with Gasteiger partial charge in [0, 0.05) is 15.8 Å². The third kappa shape index (κ3) is 2.18. The second-order valence-electron chi connectivity index (χ2n) is 3.88. The van der Waals surface area contributed by atoms with Gasteiger partial charge >= 0.3 is 0 Å². The number of aromatic amines is 1. The van der Waals surface area contributed by atoms with E-state index < -0.39 is 0 Å². The van der Waals surface area contributed by atoms with Crippen LogP contribution >= 0.6 is 22.9 Å². The number of H-pyrrole nitrogens is 1. The topological polar surface area (TPSA) is 41.6 Å². The number of hydrogen-bond donors (Lipinski definition) is 1. The molecular weight excluding hydrogens is 254 g/mol. The summed E-state index contributed by atoms with van der Waals surface area (Å²) in [6.07, 6.45) is 3.60. The fourth-order valence-electron chi connectivity index (χ4n) is 1.82. The van der Waals surface area contributed by atoms with Gasteiger partial charge in [0.25, 0.3) is 0 Å². The quantitative estimate of drug-likeness (QED) is 0.786. The van der Waals surface area contributed by atoms with Gasteiger partial charge in [0.2, 0.25) is 0 Å². The molecule has 1 aromatic carbocycles. The zero-order valence-electron chi connectivity index (χ0n) is 8.98. The summed E-state index contributed by atoms with van der Waals surface area (Å²) in [6, 6.07) is 4.02. The Balaban J connectivity index is 1.86. The van der Waals surface area contributed by atoms with Crippen LogP contribution < -0.4 is 0 Å². The van der Waals surface area contributed by atoms with Crippen molar-refractivity contribution in [3.8, 4) is 0 Å². The van der Waals surface area contributed by atoms with E-state index in [-0.39, 0.29) is 0 Å². The highest BCUT2D eigenvalue weighted by Crippen LogP contribution is 2.23. The van der Waals surface area contributed by atoms with Gasteiger partial charge in [0.15, 0.2) is 0 Å². The summed E-state index contributed by atoms with van der Waals surface area (Å²) >= 11 is 7.86. The molecule has 0 aliphatic heterocycles. The largest absolute Gasteiger partial charge is 0.278 e. The molecule has 86 valence electrons. The van der Waals surface area contributed by atoms with Crippen molar-refractivity contribution in [1.29, 1.82) is 0 Å². The Morgan fingerprint density at radius 1 is 1.29 bits per heavy atom. The predicted octanol–water partition coefficient (Wildman–Crippen LogP) is 3.46. The van der Waals surface area contributed by atoms with Gasteiger partial charge in [-0.15, -0.1) is 11.3 Å². The number of rotatable bonds is 3. The first kappa shape index (κ1) is 10.7. The fraction of sp³-hybridized carbons (Fsp3) is 0.167. The Morgan fingerprint density at radius 3 is 3.06 bits per heavy atom. The molecule has 5 heteroatoms. The monoisotopic (exact) mass is 263 g/mol. The number of halogens is 1. The SMILES string of the molecule is Clc1cc2cn[nH]c2cc1CCc1cscn1. The standard InChI is InChI=1S/C12H10ClN3S/c13-11-3-9-5-15-16-12(9)4-8(11)1-2-10-6-17-7-14-10/h3-7H,1-2H2,(H,15,16). The molecule has 0 atom stereocenters. The minimum atomic E-state index is 0.800. The number of benzene rings is 1. The summed E-state index contributed by atoms with van der Waals surface area (Å²) in [7, 11) is 0. The lowest BCUT2D eigenvalue weighted by atomic mass is 10.1. The number of nitrogens with zero attached hydrogens (tertiary/aromatic N) is 2. The molecule has 1 N–H and O–H groups in total. The van der Waals surface area contributed by atoms with Gasteiger partial charge in [0.05, 0.1) is 22.9 Å². The summed E-state index contributed by atoms with van der Waals surface area (Å²) in [5.74, 6) is 0. The minimum Gasteiger partial charge on any atom is -0.278 e. The van der Waals surface area contributed by atoms with E-state index >= 15 is 0 Å². The predicted molar refractivity (Wildman–Crippen MR) is 70.6 cm³/mol.